The molecule has 2 unspecified atom stereocenters. The topological polar surface area (TPSA) is 63.7 Å². The maximum Gasteiger partial charge on any atom is 0.306 e. The molecule has 0 aromatic heterocycles. The van der Waals surface area contributed by atoms with Gasteiger partial charge in [-0.25, -0.2) is 0 Å². The standard InChI is InChI=1S/C48H93NO4S2/c1-41(2)25-22-27-43(5)34-37-54-40-45(39-50)29-18-14-12-13-16-20-31-46(53-47(51)32-24-36-49(7)8)30-19-15-10-9-11-17-21-33-48(52)55-38-35-44(6)28-23-26-42(3)4/h39,41-46H,9-38,40H2,1-8H3/t43-,44-,45?,46?/m0/s1. The Kier molecular flexibility index (Phi) is 38.6. The van der Waals surface area contributed by atoms with Crippen molar-refractivity contribution in [2.45, 2.75) is 221 Å². The lowest BCUT2D eigenvalue weighted by Gasteiger charge is -2.18. The van der Waals surface area contributed by atoms with Crippen LogP contribution in [0.4, 0.5) is 0 Å². The number of aldehydes is 1. The van der Waals surface area contributed by atoms with Crippen molar-refractivity contribution in [3.63, 3.8) is 0 Å². The SMILES string of the molecule is CC(C)CCC[C@H](C)CCSCC(C=O)CCCCCCCCC(CCCCCCCCCC(=O)SCC[C@@H](C)CCCC(C)C)OC(=O)CCCN(C)C. The highest BCUT2D eigenvalue weighted by Crippen LogP contribution is 2.23. The Morgan fingerprint density at radius 3 is 1.55 bits per heavy atom. The van der Waals surface area contributed by atoms with Gasteiger partial charge in [0.1, 0.15) is 12.4 Å². The number of nitrogens with zero attached hydrogens (tertiary/aromatic N) is 1. The first kappa shape index (κ1) is 54.5. The summed E-state index contributed by atoms with van der Waals surface area (Å²) in [4.78, 5) is 38.7. The van der Waals surface area contributed by atoms with E-state index in [1.807, 2.05) is 25.9 Å². The summed E-state index contributed by atoms with van der Waals surface area (Å²) in [5.74, 6) is 6.45. The fourth-order valence-corrected chi connectivity index (χ4v) is 9.57. The molecule has 5 nitrogen and oxygen atoms in total. The molecule has 0 aromatic rings. The zero-order chi connectivity index (χ0) is 40.9. The van der Waals surface area contributed by atoms with Crippen molar-refractivity contribution in [1.82, 2.24) is 4.90 Å². The van der Waals surface area contributed by atoms with Gasteiger partial charge in [-0.05, 0) is 108 Å². The summed E-state index contributed by atoms with van der Waals surface area (Å²) in [6.07, 6.45) is 32.0. The van der Waals surface area contributed by atoms with Gasteiger partial charge < -0.3 is 14.4 Å². The Morgan fingerprint density at radius 1 is 0.545 bits per heavy atom. The number of unbranched alkanes of at least 4 members (excludes halogenated alkanes) is 11. The molecule has 0 spiro atoms. The Morgan fingerprint density at radius 2 is 1.04 bits per heavy atom. The zero-order valence-corrected chi connectivity index (χ0v) is 39.5. The molecule has 326 valence electrons. The van der Waals surface area contributed by atoms with E-state index in [1.165, 1.54) is 108 Å². The average molecular weight is 812 g/mol. The van der Waals surface area contributed by atoms with Crippen LogP contribution in [-0.4, -0.2) is 66.3 Å². The maximum absolute atomic E-state index is 12.6. The Hall–Kier alpha value is -0.530. The molecule has 0 saturated heterocycles. The van der Waals surface area contributed by atoms with Crippen molar-refractivity contribution in [2.24, 2.45) is 29.6 Å². The second-order valence-corrected chi connectivity index (χ2v) is 20.7. The van der Waals surface area contributed by atoms with E-state index < -0.39 is 0 Å². The van der Waals surface area contributed by atoms with Gasteiger partial charge in [0.25, 0.3) is 0 Å². The van der Waals surface area contributed by atoms with Crippen LogP contribution in [0.1, 0.15) is 215 Å². The molecule has 0 saturated carbocycles. The molecule has 0 fully saturated rings. The molecule has 0 amide bonds. The van der Waals surface area contributed by atoms with E-state index in [4.69, 9.17) is 4.74 Å². The Labute approximate surface area is 351 Å². The van der Waals surface area contributed by atoms with Crippen LogP contribution in [0, 0.1) is 29.6 Å². The van der Waals surface area contributed by atoms with Crippen molar-refractivity contribution in [3.05, 3.63) is 0 Å². The summed E-state index contributed by atoms with van der Waals surface area (Å²) in [7, 11) is 4.09. The van der Waals surface area contributed by atoms with Crippen LogP contribution in [0.2, 0.25) is 0 Å². The minimum Gasteiger partial charge on any atom is -0.462 e. The van der Waals surface area contributed by atoms with Crippen molar-refractivity contribution in [3.8, 4) is 0 Å². The number of hydrogen-bond donors (Lipinski definition) is 0. The monoisotopic (exact) mass is 812 g/mol. The van der Waals surface area contributed by atoms with Crippen molar-refractivity contribution in [1.29, 1.82) is 0 Å². The molecule has 0 rings (SSSR count). The lowest BCUT2D eigenvalue weighted by Crippen LogP contribution is -2.20. The summed E-state index contributed by atoms with van der Waals surface area (Å²) in [6.45, 7) is 14.8. The molecule has 0 radical (unpaired) electrons. The molecular weight excluding hydrogens is 719 g/mol. The van der Waals surface area contributed by atoms with Gasteiger partial charge in [-0.3, -0.25) is 9.59 Å². The Balaban J connectivity index is 4.14. The lowest BCUT2D eigenvalue weighted by molar-refractivity contribution is -0.150. The summed E-state index contributed by atoms with van der Waals surface area (Å²) in [6, 6.07) is 0. The molecule has 0 heterocycles. The molecule has 55 heavy (non-hydrogen) atoms. The van der Waals surface area contributed by atoms with Gasteiger partial charge in [0.15, 0.2) is 5.12 Å². The zero-order valence-electron chi connectivity index (χ0n) is 37.9. The van der Waals surface area contributed by atoms with Crippen LogP contribution in [0.5, 0.6) is 0 Å². The van der Waals surface area contributed by atoms with Crippen molar-refractivity contribution in [2.75, 3.05) is 37.9 Å². The molecule has 0 aliphatic rings. The lowest BCUT2D eigenvalue weighted by atomic mass is 9.98. The van der Waals surface area contributed by atoms with Crippen molar-refractivity contribution < 1.29 is 19.1 Å². The molecule has 7 heteroatoms. The van der Waals surface area contributed by atoms with Gasteiger partial charge in [0, 0.05) is 30.3 Å². The van der Waals surface area contributed by atoms with E-state index in [0.29, 0.717) is 11.5 Å². The maximum atomic E-state index is 12.6. The van der Waals surface area contributed by atoms with Gasteiger partial charge in [-0.15, -0.1) is 0 Å². The van der Waals surface area contributed by atoms with Gasteiger partial charge >= 0.3 is 5.97 Å². The molecule has 0 bridgehead atoms. The van der Waals surface area contributed by atoms with E-state index in [2.05, 4.69) is 46.4 Å². The van der Waals surface area contributed by atoms with Crippen LogP contribution < -0.4 is 0 Å². The Bertz CT molecular complexity index is 882. The van der Waals surface area contributed by atoms with E-state index in [9.17, 15) is 14.4 Å². The van der Waals surface area contributed by atoms with E-state index in [0.717, 1.165) is 112 Å². The molecule has 0 aliphatic heterocycles. The number of thioether (sulfide) groups is 2. The normalized spacial score (nSPS) is 14.1. The first-order chi connectivity index (χ1) is 26.4. The number of rotatable bonds is 41. The predicted octanol–water partition coefficient (Wildman–Crippen LogP) is 14.4. The van der Waals surface area contributed by atoms with E-state index in [1.54, 1.807) is 11.8 Å². The van der Waals surface area contributed by atoms with Crippen LogP contribution >= 0.6 is 23.5 Å². The van der Waals surface area contributed by atoms with Crippen LogP contribution in [0.15, 0.2) is 0 Å². The number of hydrogen-bond acceptors (Lipinski definition) is 7. The number of carbonyl (C=O) groups is 3. The summed E-state index contributed by atoms with van der Waals surface area (Å²) in [5, 5.41) is 0.382. The second kappa shape index (κ2) is 39.0. The van der Waals surface area contributed by atoms with Gasteiger partial charge in [-0.1, -0.05) is 156 Å². The first-order valence-corrected chi connectivity index (χ1v) is 25.6. The third kappa shape index (κ3) is 40.1. The average Bonchev–Trinajstić information content (AvgIpc) is 3.12. The van der Waals surface area contributed by atoms with Crippen LogP contribution in [0.3, 0.4) is 0 Å². The second-order valence-electron chi connectivity index (χ2n) is 18.4. The van der Waals surface area contributed by atoms with Crippen LogP contribution in [0.25, 0.3) is 0 Å². The molecule has 0 aliphatic carbocycles. The minimum absolute atomic E-state index is 0.0326. The number of carbonyl (C=O) groups excluding carboxylic acids is 3. The predicted molar refractivity (Wildman–Crippen MR) is 245 cm³/mol. The van der Waals surface area contributed by atoms with Crippen LogP contribution in [-0.2, 0) is 19.1 Å². The van der Waals surface area contributed by atoms with Gasteiger partial charge in [-0.2, -0.15) is 11.8 Å². The fourth-order valence-electron chi connectivity index (χ4n) is 7.25. The fraction of sp³-hybridized carbons (Fsp3) is 0.938. The van der Waals surface area contributed by atoms with E-state index >= 15 is 0 Å². The van der Waals surface area contributed by atoms with Crippen molar-refractivity contribution >= 4 is 40.9 Å². The highest BCUT2D eigenvalue weighted by molar-refractivity contribution is 8.13. The summed E-state index contributed by atoms with van der Waals surface area (Å²) >= 11 is 3.54. The largest absolute Gasteiger partial charge is 0.462 e. The summed E-state index contributed by atoms with van der Waals surface area (Å²) < 4.78 is 6.02. The highest BCUT2D eigenvalue weighted by atomic mass is 32.2. The smallest absolute Gasteiger partial charge is 0.306 e. The first-order valence-electron chi connectivity index (χ1n) is 23.5. The molecule has 0 aromatic carbocycles. The number of esters is 1. The minimum atomic E-state index is -0.0326. The van der Waals surface area contributed by atoms with Gasteiger partial charge in [0.2, 0.25) is 0 Å². The molecule has 4 atom stereocenters. The third-order valence-electron chi connectivity index (χ3n) is 11.2. The molecular formula is C48H93NO4S2. The number of ether oxygens (including phenoxy) is 1. The highest BCUT2D eigenvalue weighted by Gasteiger charge is 2.15. The summed E-state index contributed by atoms with van der Waals surface area (Å²) in [5.41, 5.74) is 0. The quantitative estimate of drug-likeness (QED) is 0.0346. The van der Waals surface area contributed by atoms with E-state index in [-0.39, 0.29) is 18.0 Å². The van der Waals surface area contributed by atoms with Gasteiger partial charge in [0.05, 0.1) is 0 Å². The third-order valence-corrected chi connectivity index (χ3v) is 13.3. The molecule has 0 N–H and O–H groups in total.